The molecule has 1 aliphatic heterocycles. The van der Waals surface area contributed by atoms with E-state index in [1.165, 1.54) is 5.56 Å². The second kappa shape index (κ2) is 6.04. The predicted octanol–water partition coefficient (Wildman–Crippen LogP) is 2.01. The first-order chi connectivity index (χ1) is 9.05. The van der Waals surface area contributed by atoms with Crippen molar-refractivity contribution in [1.29, 1.82) is 0 Å². The molecule has 3 heteroatoms. The van der Waals surface area contributed by atoms with Crippen LogP contribution in [0.1, 0.15) is 26.3 Å². The van der Waals surface area contributed by atoms with Gasteiger partial charge in [-0.05, 0) is 19.4 Å². The van der Waals surface area contributed by atoms with Crippen LogP contribution in [0.4, 0.5) is 0 Å². The maximum atomic E-state index is 6.08. The monoisotopic (exact) mass is 262 g/mol. The third-order valence-corrected chi connectivity index (χ3v) is 4.21. The SMILES string of the molecule is CC1CN(CC(C)(CN)c2ccccc2)C(C)CO1. The lowest BCUT2D eigenvalue weighted by atomic mass is 9.81. The molecule has 1 aromatic rings. The highest BCUT2D eigenvalue weighted by Crippen LogP contribution is 2.26. The Bertz CT molecular complexity index is 395. The van der Waals surface area contributed by atoms with Crippen LogP contribution in [0.3, 0.4) is 0 Å². The number of nitrogens with two attached hydrogens (primary N) is 1. The van der Waals surface area contributed by atoms with Crippen LogP contribution >= 0.6 is 0 Å². The van der Waals surface area contributed by atoms with Crippen molar-refractivity contribution < 1.29 is 4.74 Å². The van der Waals surface area contributed by atoms with E-state index in [0.717, 1.165) is 19.7 Å². The molecule has 2 rings (SSSR count). The van der Waals surface area contributed by atoms with E-state index in [9.17, 15) is 0 Å². The molecule has 1 heterocycles. The second-order valence-electron chi connectivity index (χ2n) is 6.05. The third kappa shape index (κ3) is 3.35. The molecule has 1 fully saturated rings. The van der Waals surface area contributed by atoms with Gasteiger partial charge in [0.05, 0.1) is 12.7 Å². The van der Waals surface area contributed by atoms with Gasteiger partial charge in [0, 0.05) is 31.1 Å². The van der Waals surface area contributed by atoms with Crippen LogP contribution < -0.4 is 5.73 Å². The van der Waals surface area contributed by atoms with E-state index in [4.69, 9.17) is 10.5 Å². The molecular formula is C16H26N2O. The van der Waals surface area contributed by atoms with Crippen molar-refractivity contribution in [3.8, 4) is 0 Å². The first-order valence-electron chi connectivity index (χ1n) is 7.16. The summed E-state index contributed by atoms with van der Waals surface area (Å²) in [6, 6.07) is 11.1. The van der Waals surface area contributed by atoms with E-state index in [1.807, 2.05) is 0 Å². The molecule has 3 nitrogen and oxygen atoms in total. The summed E-state index contributed by atoms with van der Waals surface area (Å²) < 4.78 is 5.70. The lowest BCUT2D eigenvalue weighted by Gasteiger charge is -2.42. The number of rotatable bonds is 4. The molecule has 0 bridgehead atoms. The normalized spacial score (nSPS) is 28.0. The van der Waals surface area contributed by atoms with Crippen molar-refractivity contribution in [2.24, 2.45) is 5.73 Å². The average Bonchev–Trinajstić information content (AvgIpc) is 2.44. The Morgan fingerprint density at radius 2 is 2.00 bits per heavy atom. The van der Waals surface area contributed by atoms with E-state index >= 15 is 0 Å². The van der Waals surface area contributed by atoms with Crippen LogP contribution in [0.5, 0.6) is 0 Å². The lowest BCUT2D eigenvalue weighted by molar-refractivity contribution is -0.0554. The van der Waals surface area contributed by atoms with Crippen molar-refractivity contribution in [3.63, 3.8) is 0 Å². The molecule has 3 unspecified atom stereocenters. The van der Waals surface area contributed by atoms with Gasteiger partial charge in [-0.2, -0.15) is 0 Å². The number of ether oxygens (including phenoxy) is 1. The average molecular weight is 262 g/mol. The number of hydrogen-bond acceptors (Lipinski definition) is 3. The number of morpholine rings is 1. The van der Waals surface area contributed by atoms with Crippen molar-refractivity contribution in [2.45, 2.75) is 38.3 Å². The standard InChI is InChI=1S/C16H26N2O/c1-13-10-19-14(2)9-18(13)12-16(3,11-17)15-7-5-4-6-8-15/h4-8,13-14H,9-12,17H2,1-3H3. The molecular weight excluding hydrogens is 236 g/mol. The molecule has 19 heavy (non-hydrogen) atoms. The van der Waals surface area contributed by atoms with Crippen molar-refractivity contribution in [1.82, 2.24) is 4.90 Å². The third-order valence-electron chi connectivity index (χ3n) is 4.21. The van der Waals surface area contributed by atoms with Gasteiger partial charge >= 0.3 is 0 Å². The van der Waals surface area contributed by atoms with Crippen LogP contribution in [0.2, 0.25) is 0 Å². The zero-order chi connectivity index (χ0) is 13.9. The van der Waals surface area contributed by atoms with Crippen LogP contribution in [0, 0.1) is 0 Å². The van der Waals surface area contributed by atoms with E-state index in [0.29, 0.717) is 18.7 Å². The topological polar surface area (TPSA) is 38.5 Å². The van der Waals surface area contributed by atoms with Gasteiger partial charge in [-0.15, -0.1) is 0 Å². The summed E-state index contributed by atoms with van der Waals surface area (Å²) in [6.07, 6.45) is 0.314. The molecule has 1 aliphatic rings. The molecule has 0 aliphatic carbocycles. The highest BCUT2D eigenvalue weighted by molar-refractivity contribution is 5.25. The quantitative estimate of drug-likeness (QED) is 0.902. The van der Waals surface area contributed by atoms with Gasteiger partial charge in [0.2, 0.25) is 0 Å². The molecule has 0 radical (unpaired) electrons. The predicted molar refractivity (Wildman–Crippen MR) is 79.3 cm³/mol. The molecule has 0 aromatic heterocycles. The molecule has 0 spiro atoms. The summed E-state index contributed by atoms with van der Waals surface area (Å²) >= 11 is 0. The lowest BCUT2D eigenvalue weighted by Crippen LogP contribution is -2.53. The van der Waals surface area contributed by atoms with Crippen LogP contribution in [0.25, 0.3) is 0 Å². The minimum absolute atomic E-state index is 0.00653. The van der Waals surface area contributed by atoms with Gasteiger partial charge in [0.15, 0.2) is 0 Å². The Morgan fingerprint density at radius 1 is 1.32 bits per heavy atom. The van der Waals surface area contributed by atoms with Crippen LogP contribution in [0.15, 0.2) is 30.3 Å². The highest BCUT2D eigenvalue weighted by atomic mass is 16.5. The second-order valence-corrected chi connectivity index (χ2v) is 6.05. The number of benzene rings is 1. The highest BCUT2D eigenvalue weighted by Gasteiger charge is 2.32. The smallest absolute Gasteiger partial charge is 0.0674 e. The van der Waals surface area contributed by atoms with E-state index < -0.39 is 0 Å². The van der Waals surface area contributed by atoms with E-state index in [1.54, 1.807) is 0 Å². The zero-order valence-corrected chi connectivity index (χ0v) is 12.3. The van der Waals surface area contributed by atoms with Crippen molar-refractivity contribution >= 4 is 0 Å². The van der Waals surface area contributed by atoms with Gasteiger partial charge in [-0.25, -0.2) is 0 Å². The fourth-order valence-corrected chi connectivity index (χ4v) is 2.75. The van der Waals surface area contributed by atoms with Gasteiger partial charge in [-0.3, -0.25) is 4.90 Å². The fourth-order valence-electron chi connectivity index (χ4n) is 2.75. The molecule has 0 saturated carbocycles. The van der Waals surface area contributed by atoms with E-state index in [-0.39, 0.29) is 5.41 Å². The van der Waals surface area contributed by atoms with Crippen LogP contribution in [-0.2, 0) is 10.2 Å². The molecule has 1 aromatic carbocycles. The molecule has 106 valence electrons. The van der Waals surface area contributed by atoms with Gasteiger partial charge < -0.3 is 10.5 Å². The first kappa shape index (κ1) is 14.5. The molecule has 3 atom stereocenters. The Kier molecular flexibility index (Phi) is 4.61. The first-order valence-corrected chi connectivity index (χ1v) is 7.16. The minimum Gasteiger partial charge on any atom is -0.376 e. The fraction of sp³-hybridized carbons (Fsp3) is 0.625. The summed E-state index contributed by atoms with van der Waals surface area (Å²) in [5, 5.41) is 0. The van der Waals surface area contributed by atoms with Crippen molar-refractivity contribution in [2.75, 3.05) is 26.2 Å². The summed E-state index contributed by atoms with van der Waals surface area (Å²) in [6.45, 7) is 10.1. The molecule has 0 amide bonds. The Hall–Kier alpha value is -0.900. The van der Waals surface area contributed by atoms with Gasteiger partial charge in [0.1, 0.15) is 0 Å². The zero-order valence-electron chi connectivity index (χ0n) is 12.3. The van der Waals surface area contributed by atoms with E-state index in [2.05, 4.69) is 56.0 Å². The Balaban J connectivity index is 2.14. The summed E-state index contributed by atoms with van der Waals surface area (Å²) in [4.78, 5) is 2.51. The van der Waals surface area contributed by atoms with Crippen LogP contribution in [-0.4, -0.2) is 43.3 Å². The van der Waals surface area contributed by atoms with Gasteiger partial charge in [-0.1, -0.05) is 37.3 Å². The maximum Gasteiger partial charge on any atom is 0.0674 e. The molecule has 2 N–H and O–H groups in total. The summed E-state index contributed by atoms with van der Waals surface area (Å²) in [5.74, 6) is 0. The van der Waals surface area contributed by atoms with Crippen molar-refractivity contribution in [3.05, 3.63) is 35.9 Å². The maximum absolute atomic E-state index is 6.08. The minimum atomic E-state index is 0.00653. The Labute approximate surface area is 116 Å². The molecule has 1 saturated heterocycles. The van der Waals surface area contributed by atoms with Gasteiger partial charge in [0.25, 0.3) is 0 Å². The summed E-state index contributed by atoms with van der Waals surface area (Å²) in [7, 11) is 0. The number of hydrogen-bond donors (Lipinski definition) is 1. The summed E-state index contributed by atoms with van der Waals surface area (Å²) in [5.41, 5.74) is 7.41. The Morgan fingerprint density at radius 3 is 2.63 bits per heavy atom. The largest absolute Gasteiger partial charge is 0.376 e. The number of nitrogens with zero attached hydrogens (tertiary/aromatic N) is 1.